The van der Waals surface area contributed by atoms with Crippen molar-refractivity contribution in [1.29, 1.82) is 0 Å². The molecule has 0 aliphatic carbocycles. The van der Waals surface area contributed by atoms with E-state index in [0.717, 1.165) is 24.2 Å². The van der Waals surface area contributed by atoms with Crippen LogP contribution in [0.1, 0.15) is 28.9 Å². The van der Waals surface area contributed by atoms with Gasteiger partial charge in [0, 0.05) is 44.0 Å². The molecule has 3 heterocycles. The average molecular weight is 398 g/mol. The molecule has 1 amide bonds. The second-order valence-electron chi connectivity index (χ2n) is 6.84. The Bertz CT molecular complexity index is 1070. The molecule has 1 aliphatic rings. The molecule has 1 fully saturated rings. The highest BCUT2D eigenvalue weighted by molar-refractivity contribution is 7.89. The quantitative estimate of drug-likeness (QED) is 0.689. The topological polar surface area (TPSA) is 83.8 Å². The zero-order valence-corrected chi connectivity index (χ0v) is 16.2. The summed E-state index contributed by atoms with van der Waals surface area (Å²) in [6.07, 6.45) is 6.21. The van der Waals surface area contributed by atoms with Crippen molar-refractivity contribution < 1.29 is 13.2 Å². The van der Waals surface area contributed by atoms with Gasteiger partial charge in [-0.25, -0.2) is 13.4 Å². The number of carbonyl (C=O) groups excluding carboxylic acids is 1. The van der Waals surface area contributed by atoms with Crippen LogP contribution < -0.4 is 5.32 Å². The number of benzene rings is 1. The molecule has 1 saturated heterocycles. The van der Waals surface area contributed by atoms with Crippen molar-refractivity contribution >= 4 is 21.6 Å². The SMILES string of the molecule is O=C(NCCc1cn2ccccc2n1)c1cccc(S(=O)(=O)N2CCCC2)c1. The number of hydrogen-bond acceptors (Lipinski definition) is 4. The lowest BCUT2D eigenvalue weighted by atomic mass is 10.2. The normalized spacial score (nSPS) is 15.1. The molecular weight excluding hydrogens is 376 g/mol. The minimum atomic E-state index is -3.53. The maximum atomic E-state index is 12.7. The van der Waals surface area contributed by atoms with Crippen molar-refractivity contribution in [3.05, 3.63) is 66.1 Å². The molecule has 1 N–H and O–H groups in total. The number of hydrogen-bond donors (Lipinski definition) is 1. The minimum absolute atomic E-state index is 0.169. The fraction of sp³-hybridized carbons (Fsp3) is 0.300. The molecule has 0 bridgehead atoms. The third-order valence-electron chi connectivity index (χ3n) is 4.88. The Morgan fingerprint density at radius 1 is 1.11 bits per heavy atom. The number of nitrogens with zero attached hydrogens (tertiary/aromatic N) is 3. The van der Waals surface area contributed by atoms with Gasteiger partial charge in [0.15, 0.2) is 0 Å². The molecule has 1 aromatic carbocycles. The van der Waals surface area contributed by atoms with Crippen LogP contribution in [0.2, 0.25) is 0 Å². The third kappa shape index (κ3) is 3.79. The first-order valence-electron chi connectivity index (χ1n) is 9.35. The molecule has 8 heteroatoms. The van der Waals surface area contributed by atoms with Crippen LogP contribution in [0.5, 0.6) is 0 Å². The maximum Gasteiger partial charge on any atom is 0.251 e. The van der Waals surface area contributed by atoms with Gasteiger partial charge in [-0.3, -0.25) is 4.79 Å². The van der Waals surface area contributed by atoms with Gasteiger partial charge < -0.3 is 9.72 Å². The number of pyridine rings is 1. The fourth-order valence-electron chi connectivity index (χ4n) is 3.39. The molecular formula is C20H22N4O3S. The van der Waals surface area contributed by atoms with E-state index < -0.39 is 10.0 Å². The fourth-order valence-corrected chi connectivity index (χ4v) is 4.95. The summed E-state index contributed by atoms with van der Waals surface area (Å²) < 4.78 is 28.8. The standard InChI is InChI=1S/C20H22N4O3S/c25-20(21-10-9-17-15-23-11-2-1-8-19(23)22-17)16-6-5-7-18(14-16)28(26,27)24-12-3-4-13-24/h1-2,5-8,11,14-15H,3-4,9-10,12-13H2,(H,21,25). The second-order valence-corrected chi connectivity index (χ2v) is 8.78. The first-order chi connectivity index (χ1) is 13.5. The molecule has 7 nitrogen and oxygen atoms in total. The van der Waals surface area contributed by atoms with Crippen molar-refractivity contribution in [3.63, 3.8) is 0 Å². The van der Waals surface area contributed by atoms with Crippen LogP contribution in [0.4, 0.5) is 0 Å². The maximum absolute atomic E-state index is 12.7. The van der Waals surface area contributed by atoms with Crippen LogP contribution in [0.25, 0.3) is 5.65 Å². The lowest BCUT2D eigenvalue weighted by molar-refractivity contribution is 0.0954. The molecule has 0 unspecified atom stereocenters. The summed E-state index contributed by atoms with van der Waals surface area (Å²) in [4.78, 5) is 17.1. The van der Waals surface area contributed by atoms with Gasteiger partial charge in [-0.15, -0.1) is 0 Å². The highest BCUT2D eigenvalue weighted by Crippen LogP contribution is 2.21. The van der Waals surface area contributed by atoms with Gasteiger partial charge >= 0.3 is 0 Å². The van der Waals surface area contributed by atoms with Gasteiger partial charge in [-0.05, 0) is 43.2 Å². The number of fused-ring (bicyclic) bond motifs is 1. The first-order valence-corrected chi connectivity index (χ1v) is 10.8. The number of rotatable bonds is 6. The molecule has 146 valence electrons. The number of aromatic nitrogens is 2. The summed E-state index contributed by atoms with van der Waals surface area (Å²) in [6.45, 7) is 1.50. The predicted octanol–water partition coefficient (Wildman–Crippen LogP) is 2.09. The minimum Gasteiger partial charge on any atom is -0.352 e. The highest BCUT2D eigenvalue weighted by atomic mass is 32.2. The zero-order valence-electron chi connectivity index (χ0n) is 15.4. The van der Waals surface area contributed by atoms with Gasteiger partial charge in [-0.1, -0.05) is 12.1 Å². The van der Waals surface area contributed by atoms with E-state index >= 15 is 0 Å². The van der Waals surface area contributed by atoms with E-state index in [0.29, 0.717) is 31.6 Å². The van der Waals surface area contributed by atoms with E-state index in [1.54, 1.807) is 18.2 Å². The number of amides is 1. The molecule has 4 rings (SSSR count). The molecule has 0 spiro atoms. The Morgan fingerprint density at radius 2 is 1.93 bits per heavy atom. The number of sulfonamides is 1. The van der Waals surface area contributed by atoms with E-state index in [4.69, 9.17) is 0 Å². The van der Waals surface area contributed by atoms with Crippen LogP contribution in [0.3, 0.4) is 0 Å². The second kappa shape index (κ2) is 7.73. The van der Waals surface area contributed by atoms with Crippen molar-refractivity contribution in [1.82, 2.24) is 19.0 Å². The van der Waals surface area contributed by atoms with Crippen LogP contribution in [-0.2, 0) is 16.4 Å². The highest BCUT2D eigenvalue weighted by Gasteiger charge is 2.27. The Morgan fingerprint density at radius 3 is 2.71 bits per heavy atom. The predicted molar refractivity (Wildman–Crippen MR) is 106 cm³/mol. The van der Waals surface area contributed by atoms with Crippen LogP contribution in [0, 0.1) is 0 Å². The van der Waals surface area contributed by atoms with Crippen LogP contribution >= 0.6 is 0 Å². The lowest BCUT2D eigenvalue weighted by Crippen LogP contribution is -2.29. The van der Waals surface area contributed by atoms with Crippen molar-refractivity contribution in [3.8, 4) is 0 Å². The monoisotopic (exact) mass is 398 g/mol. The number of carbonyl (C=O) groups is 1. The Balaban J connectivity index is 1.40. The van der Waals surface area contributed by atoms with Crippen molar-refractivity contribution in [2.75, 3.05) is 19.6 Å². The van der Waals surface area contributed by atoms with Gasteiger partial charge in [0.1, 0.15) is 5.65 Å². The Kier molecular flexibility index (Phi) is 5.15. The van der Waals surface area contributed by atoms with Gasteiger partial charge in [0.2, 0.25) is 10.0 Å². The molecule has 0 saturated carbocycles. The molecule has 0 radical (unpaired) electrons. The summed E-state index contributed by atoms with van der Waals surface area (Å²) in [7, 11) is -3.53. The molecule has 1 aliphatic heterocycles. The van der Waals surface area contributed by atoms with E-state index in [1.165, 1.54) is 10.4 Å². The van der Waals surface area contributed by atoms with Gasteiger partial charge in [0.25, 0.3) is 5.91 Å². The summed E-state index contributed by atoms with van der Waals surface area (Å²) in [6, 6.07) is 12.0. The van der Waals surface area contributed by atoms with Gasteiger partial charge in [0.05, 0.1) is 10.6 Å². The van der Waals surface area contributed by atoms with E-state index in [9.17, 15) is 13.2 Å². The first kappa shape index (κ1) is 18.6. The molecule has 0 atom stereocenters. The summed E-state index contributed by atoms with van der Waals surface area (Å²) in [5, 5.41) is 2.84. The van der Waals surface area contributed by atoms with Crippen molar-refractivity contribution in [2.45, 2.75) is 24.2 Å². The Hall–Kier alpha value is -2.71. The summed E-state index contributed by atoms with van der Waals surface area (Å²) >= 11 is 0. The Labute approximate surface area is 164 Å². The lowest BCUT2D eigenvalue weighted by Gasteiger charge is -2.16. The third-order valence-corrected chi connectivity index (χ3v) is 6.77. The smallest absolute Gasteiger partial charge is 0.251 e. The zero-order chi connectivity index (χ0) is 19.6. The van der Waals surface area contributed by atoms with Crippen LogP contribution in [-0.4, -0.2) is 47.6 Å². The van der Waals surface area contributed by atoms with E-state index in [-0.39, 0.29) is 10.8 Å². The van der Waals surface area contributed by atoms with Gasteiger partial charge in [-0.2, -0.15) is 4.31 Å². The molecule has 2 aromatic heterocycles. The molecule has 28 heavy (non-hydrogen) atoms. The summed E-state index contributed by atoms with van der Waals surface area (Å²) in [5.74, 6) is -0.290. The van der Waals surface area contributed by atoms with Crippen LogP contribution in [0.15, 0.2) is 59.8 Å². The van der Waals surface area contributed by atoms with Crippen molar-refractivity contribution in [2.24, 2.45) is 0 Å². The molecule has 3 aromatic rings. The van der Waals surface area contributed by atoms with E-state index in [2.05, 4.69) is 10.3 Å². The largest absolute Gasteiger partial charge is 0.352 e. The van der Waals surface area contributed by atoms with E-state index in [1.807, 2.05) is 35.0 Å². The summed E-state index contributed by atoms with van der Waals surface area (Å²) in [5.41, 5.74) is 2.09. The average Bonchev–Trinajstić information content (AvgIpc) is 3.38. The number of imidazole rings is 1. The number of nitrogens with one attached hydrogen (secondary N) is 1.